The SMILES string of the molecule is c1ccc(N(c2ccc3c(c2)-c2ccccc2C32c3ccccc3-c3ccccc32)c2ccc3c(c2)-c2ccccc2C32c3ccccc3C3(c4ccccc4-c4ccccc43)c3ccccc32)cc1. The average Bonchev–Trinajstić information content (AvgIpc) is 4.11. The maximum Gasteiger partial charge on any atom is 0.0725 e. The van der Waals surface area contributed by atoms with Crippen molar-refractivity contribution in [2.75, 3.05) is 4.90 Å². The third-order valence-corrected chi connectivity index (χ3v) is 17.0. The van der Waals surface area contributed by atoms with Crippen LogP contribution in [-0.4, -0.2) is 0 Å². The third kappa shape index (κ3) is 4.42. The zero-order chi connectivity index (χ0) is 45.8. The molecule has 0 amide bonds. The lowest BCUT2D eigenvalue weighted by atomic mass is 9.52. The summed E-state index contributed by atoms with van der Waals surface area (Å²) in [7, 11) is 0. The first-order chi connectivity index (χ1) is 34.7. The van der Waals surface area contributed by atoms with Gasteiger partial charge in [0.15, 0.2) is 0 Å². The normalized spacial score (nSPS) is 15.2. The Bertz CT molecular complexity index is 3900. The lowest BCUT2D eigenvalue weighted by molar-refractivity contribution is 0.633. The van der Waals surface area contributed by atoms with Gasteiger partial charge in [-0.05, 0) is 148 Å². The van der Waals surface area contributed by atoms with Gasteiger partial charge in [0.1, 0.15) is 0 Å². The highest BCUT2D eigenvalue weighted by Gasteiger charge is 2.59. The summed E-state index contributed by atoms with van der Waals surface area (Å²) in [4.78, 5) is 2.47. The van der Waals surface area contributed by atoms with Crippen molar-refractivity contribution >= 4 is 17.1 Å². The first kappa shape index (κ1) is 38.2. The number of fused-ring (bicyclic) bond motifs is 26. The average molecular weight is 886 g/mol. The van der Waals surface area contributed by atoms with Gasteiger partial charge in [-0.15, -0.1) is 0 Å². The Hall–Kier alpha value is -8.78. The fourth-order valence-corrected chi connectivity index (χ4v) is 14.6. The third-order valence-electron chi connectivity index (χ3n) is 17.0. The van der Waals surface area contributed by atoms with E-state index in [-0.39, 0.29) is 0 Å². The molecule has 0 heterocycles. The minimum atomic E-state index is -0.549. The van der Waals surface area contributed by atoms with E-state index < -0.39 is 16.2 Å². The first-order valence-electron chi connectivity index (χ1n) is 24.7. The summed E-state index contributed by atoms with van der Waals surface area (Å²) < 4.78 is 0. The van der Waals surface area contributed by atoms with Crippen molar-refractivity contribution in [1.82, 2.24) is 0 Å². The summed E-state index contributed by atoms with van der Waals surface area (Å²) in [5, 5.41) is 0. The molecule has 0 N–H and O–H groups in total. The quantitative estimate of drug-likeness (QED) is 0.171. The second-order valence-corrected chi connectivity index (χ2v) is 19.7. The molecule has 1 heteroatoms. The molecule has 0 unspecified atom stereocenters. The summed E-state index contributed by atoms with van der Waals surface area (Å²) >= 11 is 0. The van der Waals surface area contributed by atoms with E-state index in [9.17, 15) is 0 Å². The van der Waals surface area contributed by atoms with Crippen LogP contribution < -0.4 is 4.90 Å². The molecule has 0 saturated carbocycles. The van der Waals surface area contributed by atoms with E-state index in [1.165, 1.54) is 111 Å². The van der Waals surface area contributed by atoms with Crippen LogP contribution in [0.2, 0.25) is 0 Å². The topological polar surface area (TPSA) is 3.24 Å². The van der Waals surface area contributed by atoms with Crippen LogP contribution in [0.1, 0.15) is 66.8 Å². The Labute approximate surface area is 408 Å². The zero-order valence-corrected chi connectivity index (χ0v) is 38.3. The van der Waals surface area contributed by atoms with E-state index in [1.54, 1.807) is 0 Å². The van der Waals surface area contributed by atoms with Gasteiger partial charge in [-0.25, -0.2) is 0 Å². The molecule has 5 aliphatic rings. The highest BCUT2D eigenvalue weighted by atomic mass is 15.1. The van der Waals surface area contributed by atoms with Crippen molar-refractivity contribution < 1.29 is 0 Å². The van der Waals surface area contributed by atoms with E-state index in [4.69, 9.17) is 0 Å². The fourth-order valence-electron chi connectivity index (χ4n) is 14.6. The van der Waals surface area contributed by atoms with Gasteiger partial charge in [-0.2, -0.15) is 0 Å². The molecule has 324 valence electrons. The summed E-state index contributed by atoms with van der Waals surface area (Å²) in [5.41, 5.74) is 28.6. The molecule has 16 rings (SSSR count). The summed E-state index contributed by atoms with van der Waals surface area (Å²) in [6.07, 6.45) is 0. The Morgan fingerprint density at radius 1 is 0.171 bits per heavy atom. The number of rotatable bonds is 3. The number of hydrogen-bond donors (Lipinski definition) is 0. The van der Waals surface area contributed by atoms with Crippen molar-refractivity contribution in [3.63, 3.8) is 0 Å². The molecule has 11 aromatic carbocycles. The molecule has 0 atom stereocenters. The highest BCUT2D eigenvalue weighted by Crippen LogP contribution is 2.68. The van der Waals surface area contributed by atoms with Gasteiger partial charge in [0.2, 0.25) is 0 Å². The molecule has 0 aromatic heterocycles. The highest BCUT2D eigenvalue weighted by molar-refractivity contribution is 5.98. The summed E-state index contributed by atoms with van der Waals surface area (Å²) in [6, 6.07) is 99.0. The van der Waals surface area contributed by atoms with Gasteiger partial charge >= 0.3 is 0 Å². The van der Waals surface area contributed by atoms with Gasteiger partial charge < -0.3 is 4.90 Å². The van der Waals surface area contributed by atoms with Crippen LogP contribution in [0.25, 0.3) is 44.5 Å². The molecule has 0 fully saturated rings. The predicted octanol–water partition coefficient (Wildman–Crippen LogP) is 16.5. The maximum atomic E-state index is 2.48. The van der Waals surface area contributed by atoms with E-state index in [2.05, 4.69) is 266 Å². The molecule has 0 bridgehead atoms. The minimum absolute atomic E-state index is 0.394. The number of benzene rings is 11. The van der Waals surface area contributed by atoms with Gasteiger partial charge in [-0.3, -0.25) is 0 Å². The molecule has 0 radical (unpaired) electrons. The van der Waals surface area contributed by atoms with Crippen LogP contribution in [0.4, 0.5) is 17.1 Å². The number of anilines is 3. The van der Waals surface area contributed by atoms with Crippen LogP contribution >= 0.6 is 0 Å². The Morgan fingerprint density at radius 3 is 0.714 bits per heavy atom. The lowest BCUT2D eigenvalue weighted by Gasteiger charge is -2.48. The first-order valence-corrected chi connectivity index (χ1v) is 24.7. The Morgan fingerprint density at radius 2 is 0.400 bits per heavy atom. The molecular formula is C69H43N. The fraction of sp³-hybridized carbons (Fsp3) is 0.0435. The molecule has 0 aliphatic heterocycles. The van der Waals surface area contributed by atoms with Crippen molar-refractivity contribution in [3.8, 4) is 44.5 Å². The standard InChI is InChI=1S/C69H43N/c1-2-20-44(21-3-1)70(45-38-40-61-53(42-45)51-26-8-14-32-59(51)67(61)55-28-10-4-22-47(55)48-23-5-11-29-56(48)67)46-39-41-62-54(43-46)52-27-9-15-33-60(52)69(62)65-36-18-16-34-63(65)68(64-35-17-19-37-66(64)69)57-30-12-6-24-49(57)50-25-7-13-31-58(50)68/h1-43H. The second kappa shape index (κ2) is 13.7. The van der Waals surface area contributed by atoms with Crippen LogP contribution in [0.15, 0.2) is 261 Å². The van der Waals surface area contributed by atoms with E-state index in [1.807, 2.05) is 0 Å². The molecule has 1 nitrogen and oxygen atoms in total. The van der Waals surface area contributed by atoms with Gasteiger partial charge in [0.25, 0.3) is 0 Å². The lowest BCUT2D eigenvalue weighted by Crippen LogP contribution is -2.43. The number of nitrogens with zero attached hydrogens (tertiary/aromatic N) is 1. The van der Waals surface area contributed by atoms with Crippen LogP contribution in [-0.2, 0) is 16.2 Å². The van der Waals surface area contributed by atoms with Gasteiger partial charge in [0.05, 0.1) is 16.2 Å². The molecule has 5 aliphatic carbocycles. The van der Waals surface area contributed by atoms with Gasteiger partial charge in [-0.1, -0.05) is 224 Å². The summed E-state index contributed by atoms with van der Waals surface area (Å²) in [5.74, 6) is 0. The van der Waals surface area contributed by atoms with Crippen molar-refractivity contribution in [2.24, 2.45) is 0 Å². The zero-order valence-electron chi connectivity index (χ0n) is 38.3. The van der Waals surface area contributed by atoms with Crippen LogP contribution in [0.5, 0.6) is 0 Å². The van der Waals surface area contributed by atoms with Crippen molar-refractivity contribution in [3.05, 3.63) is 328 Å². The summed E-state index contributed by atoms with van der Waals surface area (Å²) in [6.45, 7) is 0. The maximum absolute atomic E-state index is 2.48. The van der Waals surface area contributed by atoms with Crippen LogP contribution in [0, 0.1) is 0 Å². The van der Waals surface area contributed by atoms with Crippen molar-refractivity contribution in [1.29, 1.82) is 0 Å². The van der Waals surface area contributed by atoms with Crippen molar-refractivity contribution in [2.45, 2.75) is 16.2 Å². The molecule has 70 heavy (non-hydrogen) atoms. The molecular weight excluding hydrogens is 843 g/mol. The Kier molecular flexibility index (Phi) is 7.47. The van der Waals surface area contributed by atoms with E-state index in [0.717, 1.165) is 17.1 Å². The molecule has 0 saturated heterocycles. The second-order valence-electron chi connectivity index (χ2n) is 19.7. The van der Waals surface area contributed by atoms with Crippen LogP contribution in [0.3, 0.4) is 0 Å². The molecule has 3 spiro atoms. The predicted molar refractivity (Wildman–Crippen MR) is 286 cm³/mol. The number of para-hydroxylation sites is 1. The largest absolute Gasteiger partial charge is 0.310 e. The minimum Gasteiger partial charge on any atom is -0.310 e. The van der Waals surface area contributed by atoms with Gasteiger partial charge in [0, 0.05) is 17.1 Å². The van der Waals surface area contributed by atoms with E-state index in [0.29, 0.717) is 0 Å². The number of hydrogen-bond acceptors (Lipinski definition) is 1. The van der Waals surface area contributed by atoms with E-state index >= 15 is 0 Å². The smallest absolute Gasteiger partial charge is 0.0725 e. The Balaban J connectivity index is 0.929. The monoisotopic (exact) mass is 885 g/mol. The molecule has 11 aromatic rings.